The van der Waals surface area contributed by atoms with Crippen molar-refractivity contribution in [2.75, 3.05) is 19.6 Å². The lowest BCUT2D eigenvalue weighted by molar-refractivity contribution is -0.274. The summed E-state index contributed by atoms with van der Waals surface area (Å²) in [6.45, 7) is 0.985. The van der Waals surface area contributed by atoms with Gasteiger partial charge >= 0.3 is 12.3 Å². The second-order valence-corrected chi connectivity index (χ2v) is 12.3. The summed E-state index contributed by atoms with van der Waals surface area (Å²) < 4.78 is 69.9. The molecule has 0 radical (unpaired) electrons. The summed E-state index contributed by atoms with van der Waals surface area (Å²) in [5.41, 5.74) is 1.89. The molecule has 1 fully saturated rings. The van der Waals surface area contributed by atoms with Gasteiger partial charge in [0.15, 0.2) is 5.82 Å². The molecule has 0 unspecified atom stereocenters. The molecule has 4 rings (SSSR count). The van der Waals surface area contributed by atoms with Crippen molar-refractivity contribution in [1.82, 2.24) is 34.7 Å². The van der Waals surface area contributed by atoms with Crippen molar-refractivity contribution in [2.45, 2.75) is 63.0 Å². The fourth-order valence-electron chi connectivity index (χ4n) is 4.75. The number of halogens is 3. The van der Waals surface area contributed by atoms with Crippen molar-refractivity contribution in [2.24, 2.45) is 0 Å². The molecular weight excluding hydrogens is 635 g/mol. The van der Waals surface area contributed by atoms with Crippen molar-refractivity contribution in [1.29, 1.82) is 0 Å². The van der Waals surface area contributed by atoms with E-state index in [9.17, 15) is 36.0 Å². The zero-order chi connectivity index (χ0) is 33.5. The summed E-state index contributed by atoms with van der Waals surface area (Å²) in [6.07, 6.45) is -3.33. The van der Waals surface area contributed by atoms with Crippen molar-refractivity contribution < 1.29 is 45.8 Å². The second kappa shape index (κ2) is 14.7. The number of benzene rings is 2. The maximum absolute atomic E-state index is 13.7. The average Bonchev–Trinajstić information content (AvgIpc) is 3.46. The lowest BCUT2D eigenvalue weighted by Crippen LogP contribution is -2.61. The number of tetrazole rings is 1. The summed E-state index contributed by atoms with van der Waals surface area (Å²) in [4.78, 5) is 39.3. The predicted octanol–water partition coefficient (Wildman–Crippen LogP) is 1.76. The highest BCUT2D eigenvalue weighted by molar-refractivity contribution is 7.89. The third-order valence-corrected chi connectivity index (χ3v) is 8.93. The Labute approximate surface area is 262 Å². The first-order chi connectivity index (χ1) is 21.7. The van der Waals surface area contributed by atoms with Gasteiger partial charge in [-0.15, -0.1) is 23.4 Å². The normalized spacial score (nSPS) is 15.8. The number of carboxylic acid groups (broad SMARTS) is 1. The van der Waals surface area contributed by atoms with Crippen molar-refractivity contribution in [3.05, 3.63) is 65.5 Å². The zero-order valence-electron chi connectivity index (χ0n) is 24.7. The number of hydrogen-bond donors (Lipinski definition) is 2. The number of aryl methyl sites for hydroxylation is 2. The molecule has 2 heterocycles. The van der Waals surface area contributed by atoms with Crippen LogP contribution in [0.5, 0.6) is 5.75 Å². The van der Waals surface area contributed by atoms with Crippen LogP contribution in [0.4, 0.5) is 13.2 Å². The molecule has 0 bridgehead atoms. The highest BCUT2D eigenvalue weighted by atomic mass is 32.2. The van der Waals surface area contributed by atoms with Gasteiger partial charge in [-0.25, -0.2) is 8.42 Å². The smallest absolute Gasteiger partial charge is 0.481 e. The number of piperazine rings is 1. The highest BCUT2D eigenvalue weighted by Crippen LogP contribution is 2.27. The number of sulfonamides is 1. The number of hydrogen-bond acceptors (Lipinski definition) is 9. The Hall–Kier alpha value is -4.58. The van der Waals surface area contributed by atoms with Gasteiger partial charge < -0.3 is 20.1 Å². The van der Waals surface area contributed by atoms with Crippen LogP contribution in [-0.4, -0.2) is 92.8 Å². The third kappa shape index (κ3) is 9.23. The van der Waals surface area contributed by atoms with E-state index in [1.54, 1.807) is 0 Å². The largest absolute Gasteiger partial charge is 0.573 e. The number of nitrogens with one attached hydrogen (secondary N) is 1. The summed E-state index contributed by atoms with van der Waals surface area (Å²) >= 11 is 0. The van der Waals surface area contributed by atoms with Gasteiger partial charge in [-0.2, -0.15) is 9.10 Å². The van der Waals surface area contributed by atoms with Gasteiger partial charge in [0.1, 0.15) is 18.3 Å². The SMILES string of the molecule is CCCc1ccc(CNC(=O)[C@H]2CN(C(=O)Cn3nnc(CCC(=O)O)n3)CCN2S(=O)(=O)c2ccc(OC(F)(F)F)cc2)cc1. The number of ether oxygens (including phenoxy) is 1. The maximum Gasteiger partial charge on any atom is 0.573 e. The number of nitrogens with zero attached hydrogens (tertiary/aromatic N) is 6. The molecule has 2 amide bonds. The molecule has 46 heavy (non-hydrogen) atoms. The molecule has 1 aliphatic heterocycles. The van der Waals surface area contributed by atoms with Crippen LogP contribution >= 0.6 is 0 Å². The van der Waals surface area contributed by atoms with Crippen LogP contribution in [0.2, 0.25) is 0 Å². The van der Waals surface area contributed by atoms with E-state index in [1.807, 2.05) is 24.3 Å². The Morgan fingerprint density at radius 1 is 1.02 bits per heavy atom. The Bertz CT molecular complexity index is 1630. The first kappa shape index (κ1) is 34.3. The number of rotatable bonds is 13. The maximum atomic E-state index is 13.7. The van der Waals surface area contributed by atoms with E-state index in [1.165, 1.54) is 4.90 Å². The molecule has 18 heteroatoms. The van der Waals surface area contributed by atoms with Gasteiger partial charge in [0, 0.05) is 32.6 Å². The number of aliphatic carboxylic acids is 1. The fourth-order valence-corrected chi connectivity index (χ4v) is 6.32. The van der Waals surface area contributed by atoms with Crippen LogP contribution in [-0.2, 0) is 50.3 Å². The van der Waals surface area contributed by atoms with Gasteiger partial charge in [-0.05, 0) is 47.0 Å². The lowest BCUT2D eigenvalue weighted by atomic mass is 10.1. The van der Waals surface area contributed by atoms with E-state index in [0.29, 0.717) is 0 Å². The van der Waals surface area contributed by atoms with Crippen LogP contribution < -0.4 is 10.1 Å². The standard InChI is InChI=1S/C28H32F3N7O7S/c1-2-3-19-4-6-20(7-5-19)16-32-27(42)23-17-36(25(39)18-38-34-24(33-35-38)12-13-26(40)41)14-15-37(23)46(43,44)22-10-8-21(9-11-22)45-28(29,30)31/h4-11,23H,2-3,12-18H2,1H3,(H,32,42)(H,40,41)/t23-/m1/s1. The summed E-state index contributed by atoms with van der Waals surface area (Å²) in [5, 5.41) is 23.0. The second-order valence-electron chi connectivity index (χ2n) is 10.4. The summed E-state index contributed by atoms with van der Waals surface area (Å²) in [7, 11) is -4.42. The molecule has 14 nitrogen and oxygen atoms in total. The number of carbonyl (C=O) groups is 3. The van der Waals surface area contributed by atoms with Crippen LogP contribution in [0.1, 0.15) is 36.7 Å². The number of alkyl halides is 3. The van der Waals surface area contributed by atoms with E-state index < -0.39 is 52.5 Å². The number of amides is 2. The number of carboxylic acids is 1. The van der Waals surface area contributed by atoms with E-state index in [4.69, 9.17) is 5.11 Å². The van der Waals surface area contributed by atoms with Gasteiger partial charge in [-0.1, -0.05) is 37.6 Å². The molecule has 1 aliphatic rings. The Kier molecular flexibility index (Phi) is 10.9. The molecule has 0 spiro atoms. The molecule has 248 valence electrons. The molecule has 1 aromatic heterocycles. The summed E-state index contributed by atoms with van der Waals surface area (Å²) in [6, 6.07) is 9.76. The zero-order valence-corrected chi connectivity index (χ0v) is 25.5. The van der Waals surface area contributed by atoms with Crippen LogP contribution in [0.15, 0.2) is 53.4 Å². The third-order valence-electron chi connectivity index (χ3n) is 7.01. The molecule has 1 atom stereocenters. The molecule has 0 aliphatic carbocycles. The minimum absolute atomic E-state index is 0.00689. The first-order valence-electron chi connectivity index (χ1n) is 14.2. The van der Waals surface area contributed by atoms with E-state index >= 15 is 0 Å². The monoisotopic (exact) mass is 667 g/mol. The van der Waals surface area contributed by atoms with E-state index in [-0.39, 0.29) is 49.7 Å². The Balaban J connectivity index is 1.52. The quantitative estimate of drug-likeness (QED) is 0.273. The molecule has 3 aromatic rings. The molecule has 2 N–H and O–H groups in total. The Morgan fingerprint density at radius 3 is 2.33 bits per heavy atom. The van der Waals surface area contributed by atoms with Crippen molar-refractivity contribution in [3.8, 4) is 5.75 Å². The molecule has 1 saturated heterocycles. The van der Waals surface area contributed by atoms with Gasteiger partial charge in [-0.3, -0.25) is 14.4 Å². The van der Waals surface area contributed by atoms with Crippen LogP contribution in [0, 0.1) is 0 Å². The van der Waals surface area contributed by atoms with Gasteiger partial charge in [0.25, 0.3) is 0 Å². The minimum atomic E-state index is -4.97. The predicted molar refractivity (Wildman–Crippen MR) is 153 cm³/mol. The van der Waals surface area contributed by atoms with Gasteiger partial charge in [0.05, 0.1) is 11.3 Å². The van der Waals surface area contributed by atoms with Crippen LogP contribution in [0.25, 0.3) is 0 Å². The highest BCUT2D eigenvalue weighted by Gasteiger charge is 2.41. The Morgan fingerprint density at radius 2 is 1.70 bits per heavy atom. The van der Waals surface area contributed by atoms with Crippen molar-refractivity contribution >= 4 is 27.8 Å². The van der Waals surface area contributed by atoms with E-state index in [0.717, 1.165) is 57.3 Å². The summed E-state index contributed by atoms with van der Waals surface area (Å²) in [5.74, 6) is -2.78. The average molecular weight is 668 g/mol. The van der Waals surface area contributed by atoms with Crippen molar-refractivity contribution in [3.63, 3.8) is 0 Å². The fraction of sp³-hybridized carbons (Fsp3) is 0.429. The van der Waals surface area contributed by atoms with E-state index in [2.05, 4.69) is 32.4 Å². The molecule has 2 aromatic carbocycles. The van der Waals surface area contributed by atoms with Crippen LogP contribution in [0.3, 0.4) is 0 Å². The molecular formula is C28H32F3N7O7S. The molecule has 0 saturated carbocycles. The first-order valence-corrected chi connectivity index (χ1v) is 15.7. The lowest BCUT2D eigenvalue weighted by Gasteiger charge is -2.39. The minimum Gasteiger partial charge on any atom is -0.481 e. The van der Waals surface area contributed by atoms with Gasteiger partial charge in [0.2, 0.25) is 21.8 Å². The number of carbonyl (C=O) groups excluding carboxylic acids is 2. The topological polar surface area (TPSA) is 177 Å². The number of aromatic nitrogens is 4.